The van der Waals surface area contributed by atoms with E-state index in [1.165, 1.54) is 6.08 Å². The van der Waals surface area contributed by atoms with E-state index in [0.717, 1.165) is 31.4 Å². The molecular formula is C17H21N3O2. The molecule has 1 saturated heterocycles. The van der Waals surface area contributed by atoms with E-state index in [-0.39, 0.29) is 23.3 Å². The summed E-state index contributed by atoms with van der Waals surface area (Å²) in [6.07, 6.45) is 6.75. The molecule has 0 spiro atoms. The Morgan fingerprint density at radius 3 is 2.91 bits per heavy atom. The van der Waals surface area contributed by atoms with Crippen LogP contribution in [-0.2, 0) is 15.0 Å². The molecule has 22 heavy (non-hydrogen) atoms. The fourth-order valence-electron chi connectivity index (χ4n) is 3.15. The van der Waals surface area contributed by atoms with Crippen LogP contribution in [-0.4, -0.2) is 40.8 Å². The normalized spacial score (nSPS) is 22.2. The number of hydrogen-bond donors (Lipinski definition) is 1. The molecule has 2 fully saturated rings. The van der Waals surface area contributed by atoms with Crippen LogP contribution in [0.15, 0.2) is 37.1 Å². The van der Waals surface area contributed by atoms with Gasteiger partial charge in [-0.15, -0.1) is 0 Å². The third-order valence-electron chi connectivity index (χ3n) is 4.68. The van der Waals surface area contributed by atoms with Gasteiger partial charge in [-0.1, -0.05) is 12.6 Å². The Hall–Kier alpha value is -2.17. The van der Waals surface area contributed by atoms with Crippen molar-refractivity contribution in [3.8, 4) is 0 Å². The molecule has 1 aliphatic heterocycles. The van der Waals surface area contributed by atoms with Crippen LogP contribution in [0.4, 0.5) is 0 Å². The third kappa shape index (κ3) is 2.75. The molecule has 2 amide bonds. The van der Waals surface area contributed by atoms with E-state index in [1.54, 1.807) is 11.1 Å². The number of aromatic nitrogens is 1. The van der Waals surface area contributed by atoms with Crippen LogP contribution in [0.3, 0.4) is 0 Å². The summed E-state index contributed by atoms with van der Waals surface area (Å²) in [5, 5.41) is 3.03. The Labute approximate surface area is 130 Å². The molecule has 2 heterocycles. The van der Waals surface area contributed by atoms with Crippen LogP contribution >= 0.6 is 0 Å². The molecule has 0 radical (unpaired) electrons. The number of carbonyl (C=O) groups is 2. The van der Waals surface area contributed by atoms with Crippen LogP contribution in [0.2, 0.25) is 0 Å². The maximum atomic E-state index is 12.4. The van der Waals surface area contributed by atoms with Gasteiger partial charge in [0.25, 0.3) is 0 Å². The predicted octanol–water partition coefficient (Wildman–Crippen LogP) is 1.41. The van der Waals surface area contributed by atoms with Gasteiger partial charge in [-0.2, -0.15) is 0 Å². The summed E-state index contributed by atoms with van der Waals surface area (Å²) < 4.78 is 0. The Morgan fingerprint density at radius 2 is 2.27 bits per heavy atom. The van der Waals surface area contributed by atoms with Gasteiger partial charge in [-0.05, 0) is 43.9 Å². The minimum atomic E-state index is -0.356. The minimum Gasteiger partial charge on any atom is -0.353 e. The first-order chi connectivity index (χ1) is 10.7. The number of hydrogen-bond acceptors (Lipinski definition) is 3. The van der Waals surface area contributed by atoms with Crippen molar-refractivity contribution >= 4 is 11.8 Å². The van der Waals surface area contributed by atoms with E-state index in [9.17, 15) is 9.59 Å². The number of nitrogens with zero attached hydrogens (tertiary/aromatic N) is 2. The highest BCUT2D eigenvalue weighted by Gasteiger charge is 2.46. The van der Waals surface area contributed by atoms with Gasteiger partial charge in [0, 0.05) is 30.4 Å². The molecule has 1 aliphatic carbocycles. The van der Waals surface area contributed by atoms with Gasteiger partial charge in [0.1, 0.15) is 6.04 Å². The monoisotopic (exact) mass is 299 g/mol. The fraction of sp³-hybridized carbons (Fsp3) is 0.471. The zero-order valence-electron chi connectivity index (χ0n) is 12.6. The summed E-state index contributed by atoms with van der Waals surface area (Å²) in [5.41, 5.74) is 1.03. The van der Waals surface area contributed by atoms with Gasteiger partial charge in [0.15, 0.2) is 0 Å². The summed E-state index contributed by atoms with van der Waals surface area (Å²) in [6.45, 7) is 4.73. The molecule has 0 aromatic carbocycles. The first-order valence-corrected chi connectivity index (χ1v) is 7.78. The Kier molecular flexibility index (Phi) is 3.96. The van der Waals surface area contributed by atoms with Gasteiger partial charge < -0.3 is 10.2 Å². The van der Waals surface area contributed by atoms with Crippen molar-refractivity contribution in [2.45, 2.75) is 37.1 Å². The largest absolute Gasteiger partial charge is 0.353 e. The van der Waals surface area contributed by atoms with E-state index in [0.29, 0.717) is 13.1 Å². The molecule has 5 heteroatoms. The van der Waals surface area contributed by atoms with Gasteiger partial charge in [0.05, 0.1) is 0 Å². The number of carbonyl (C=O) groups excluding carboxylic acids is 2. The zero-order valence-corrected chi connectivity index (χ0v) is 12.6. The lowest BCUT2D eigenvalue weighted by Crippen LogP contribution is -2.47. The highest BCUT2D eigenvalue weighted by atomic mass is 16.2. The van der Waals surface area contributed by atoms with Crippen molar-refractivity contribution in [3.05, 3.63) is 42.7 Å². The second-order valence-corrected chi connectivity index (χ2v) is 6.11. The van der Waals surface area contributed by atoms with Crippen molar-refractivity contribution in [1.82, 2.24) is 15.2 Å². The van der Waals surface area contributed by atoms with Gasteiger partial charge in [-0.25, -0.2) is 0 Å². The summed E-state index contributed by atoms with van der Waals surface area (Å²) >= 11 is 0. The van der Waals surface area contributed by atoms with Crippen molar-refractivity contribution in [2.75, 3.05) is 13.1 Å². The summed E-state index contributed by atoms with van der Waals surface area (Å²) in [4.78, 5) is 30.2. The average molecular weight is 299 g/mol. The first-order valence-electron chi connectivity index (χ1n) is 7.78. The second kappa shape index (κ2) is 5.91. The maximum absolute atomic E-state index is 12.4. The van der Waals surface area contributed by atoms with Crippen molar-refractivity contribution in [3.63, 3.8) is 0 Å². The van der Waals surface area contributed by atoms with Crippen molar-refractivity contribution in [1.29, 1.82) is 0 Å². The lowest BCUT2D eigenvalue weighted by molar-refractivity contribution is -0.135. The number of pyridine rings is 1. The van der Waals surface area contributed by atoms with E-state index in [2.05, 4.69) is 16.9 Å². The zero-order chi connectivity index (χ0) is 15.6. The van der Waals surface area contributed by atoms with Crippen molar-refractivity contribution < 1.29 is 9.59 Å². The van der Waals surface area contributed by atoms with E-state index < -0.39 is 0 Å². The van der Waals surface area contributed by atoms with E-state index in [4.69, 9.17) is 0 Å². The van der Waals surface area contributed by atoms with Crippen LogP contribution in [0.25, 0.3) is 0 Å². The average Bonchev–Trinajstić information content (AvgIpc) is 3.20. The van der Waals surface area contributed by atoms with Gasteiger partial charge >= 0.3 is 0 Å². The van der Waals surface area contributed by atoms with Crippen LogP contribution in [0.1, 0.15) is 31.4 Å². The summed E-state index contributed by atoms with van der Waals surface area (Å²) in [6, 6.07) is 5.54. The molecule has 3 rings (SSSR count). The highest BCUT2D eigenvalue weighted by Crippen LogP contribution is 2.46. The molecule has 2 aliphatic rings. The van der Waals surface area contributed by atoms with Crippen LogP contribution in [0.5, 0.6) is 0 Å². The SMILES string of the molecule is C=CC(=O)N1CCCC1C(=O)NCC1(c2ccccn2)CC1. The highest BCUT2D eigenvalue weighted by molar-refractivity contribution is 5.93. The molecule has 1 aromatic heterocycles. The fourth-order valence-corrected chi connectivity index (χ4v) is 3.15. The minimum absolute atomic E-state index is 0.0111. The molecule has 1 atom stereocenters. The molecule has 116 valence electrons. The number of nitrogens with one attached hydrogen (secondary N) is 1. The van der Waals surface area contributed by atoms with Crippen LogP contribution < -0.4 is 5.32 Å². The van der Waals surface area contributed by atoms with E-state index >= 15 is 0 Å². The third-order valence-corrected chi connectivity index (χ3v) is 4.68. The van der Waals surface area contributed by atoms with Gasteiger partial charge in [-0.3, -0.25) is 14.6 Å². The van der Waals surface area contributed by atoms with Crippen molar-refractivity contribution in [2.24, 2.45) is 0 Å². The quantitative estimate of drug-likeness (QED) is 0.836. The number of likely N-dealkylation sites (tertiary alicyclic amines) is 1. The standard InChI is InChI=1S/C17H21N3O2/c1-2-15(21)20-11-5-6-13(20)16(22)19-12-17(8-9-17)14-7-3-4-10-18-14/h2-4,7,10,13H,1,5-6,8-9,11-12H2,(H,19,22). The maximum Gasteiger partial charge on any atom is 0.246 e. The topological polar surface area (TPSA) is 62.3 Å². The predicted molar refractivity (Wildman–Crippen MR) is 83.1 cm³/mol. The molecule has 1 N–H and O–H groups in total. The number of amides is 2. The Balaban J connectivity index is 1.61. The molecule has 1 unspecified atom stereocenters. The molecule has 1 saturated carbocycles. The van der Waals surface area contributed by atoms with Gasteiger partial charge in [0.2, 0.25) is 11.8 Å². The Morgan fingerprint density at radius 1 is 1.45 bits per heavy atom. The molecular weight excluding hydrogens is 278 g/mol. The Bertz CT molecular complexity index is 581. The summed E-state index contributed by atoms with van der Waals surface area (Å²) in [5.74, 6) is -0.224. The second-order valence-electron chi connectivity index (χ2n) is 6.11. The molecule has 5 nitrogen and oxygen atoms in total. The first kappa shape index (κ1) is 14.8. The molecule has 0 bridgehead atoms. The molecule has 1 aromatic rings. The lowest BCUT2D eigenvalue weighted by Gasteiger charge is -2.24. The summed E-state index contributed by atoms with van der Waals surface area (Å²) in [7, 11) is 0. The van der Waals surface area contributed by atoms with Crippen LogP contribution in [0, 0.1) is 0 Å². The smallest absolute Gasteiger partial charge is 0.246 e. The van der Waals surface area contributed by atoms with E-state index in [1.807, 2.05) is 18.2 Å². The lowest BCUT2D eigenvalue weighted by atomic mass is 10.0. The number of rotatable bonds is 5.